The van der Waals surface area contributed by atoms with E-state index in [1.54, 1.807) is 0 Å². The van der Waals surface area contributed by atoms with Crippen LogP contribution in [-0.2, 0) is 6.42 Å². The highest BCUT2D eigenvalue weighted by Crippen LogP contribution is 2.31. The van der Waals surface area contributed by atoms with Crippen molar-refractivity contribution in [1.82, 2.24) is 10.2 Å². The standard InChI is InChI=1S/C23H35N3O2/c27-23(24-20-8-3-1-4-9-20)26-16-12-19-18-21(10-11-22(19)26)28-17-7-15-25-13-5-2-6-14-25/h10-11,18,20H,1-9,12-17H2,(H,24,27). The predicted molar refractivity (Wildman–Crippen MR) is 113 cm³/mol. The molecule has 1 N–H and O–H groups in total. The molecule has 3 aliphatic rings. The minimum atomic E-state index is 0.0702. The molecule has 5 nitrogen and oxygen atoms in total. The van der Waals surface area contributed by atoms with Crippen LogP contribution in [-0.4, -0.2) is 49.8 Å². The van der Waals surface area contributed by atoms with Gasteiger partial charge in [0.15, 0.2) is 0 Å². The van der Waals surface area contributed by atoms with Gasteiger partial charge in [0.1, 0.15) is 5.75 Å². The lowest BCUT2D eigenvalue weighted by Gasteiger charge is -2.26. The molecule has 1 aliphatic carbocycles. The summed E-state index contributed by atoms with van der Waals surface area (Å²) in [6.45, 7) is 5.17. The van der Waals surface area contributed by atoms with E-state index in [-0.39, 0.29) is 6.03 Å². The Morgan fingerprint density at radius 2 is 1.82 bits per heavy atom. The van der Waals surface area contributed by atoms with E-state index in [0.717, 1.165) is 56.8 Å². The number of nitrogens with one attached hydrogen (secondary N) is 1. The number of carbonyl (C=O) groups is 1. The Hall–Kier alpha value is -1.75. The van der Waals surface area contributed by atoms with E-state index in [2.05, 4.69) is 22.3 Å². The van der Waals surface area contributed by atoms with Crippen LogP contribution < -0.4 is 15.0 Å². The number of nitrogens with zero attached hydrogens (tertiary/aromatic N) is 2. The fraction of sp³-hybridized carbons (Fsp3) is 0.696. The fourth-order valence-corrected chi connectivity index (χ4v) is 4.84. The molecule has 28 heavy (non-hydrogen) atoms. The van der Waals surface area contributed by atoms with Gasteiger partial charge in [0.25, 0.3) is 0 Å². The minimum Gasteiger partial charge on any atom is -0.494 e. The molecule has 0 atom stereocenters. The maximum absolute atomic E-state index is 12.7. The van der Waals surface area contributed by atoms with Crippen LogP contribution in [0.2, 0.25) is 0 Å². The smallest absolute Gasteiger partial charge is 0.322 e. The van der Waals surface area contributed by atoms with Gasteiger partial charge in [-0.25, -0.2) is 4.79 Å². The van der Waals surface area contributed by atoms with E-state index in [0.29, 0.717) is 6.04 Å². The van der Waals surface area contributed by atoms with Gasteiger partial charge in [0.05, 0.1) is 6.61 Å². The van der Waals surface area contributed by atoms with Gasteiger partial charge < -0.3 is 15.0 Å². The van der Waals surface area contributed by atoms with E-state index in [4.69, 9.17) is 4.74 Å². The number of urea groups is 1. The van der Waals surface area contributed by atoms with E-state index in [1.807, 2.05) is 11.0 Å². The molecule has 1 saturated carbocycles. The van der Waals surface area contributed by atoms with Crippen LogP contribution in [0.4, 0.5) is 10.5 Å². The largest absolute Gasteiger partial charge is 0.494 e. The number of hydrogen-bond acceptors (Lipinski definition) is 3. The van der Waals surface area contributed by atoms with Crippen LogP contribution in [0.25, 0.3) is 0 Å². The summed E-state index contributed by atoms with van der Waals surface area (Å²) in [6.07, 6.45) is 12.1. The molecule has 0 spiro atoms. The maximum Gasteiger partial charge on any atom is 0.322 e. The Kier molecular flexibility index (Phi) is 6.73. The molecule has 154 valence electrons. The van der Waals surface area contributed by atoms with Crippen molar-refractivity contribution < 1.29 is 9.53 Å². The fourth-order valence-electron chi connectivity index (χ4n) is 4.84. The van der Waals surface area contributed by atoms with Crippen molar-refractivity contribution >= 4 is 11.7 Å². The molecular weight excluding hydrogens is 350 g/mol. The van der Waals surface area contributed by atoms with Gasteiger partial charge >= 0.3 is 6.03 Å². The van der Waals surface area contributed by atoms with E-state index in [9.17, 15) is 4.79 Å². The van der Waals surface area contributed by atoms with Crippen molar-refractivity contribution in [2.45, 2.75) is 70.3 Å². The Balaban J connectivity index is 1.25. The van der Waals surface area contributed by atoms with Gasteiger partial charge in [-0.15, -0.1) is 0 Å². The third-order valence-corrected chi connectivity index (χ3v) is 6.46. The zero-order valence-corrected chi connectivity index (χ0v) is 17.1. The van der Waals surface area contributed by atoms with E-state index in [1.165, 1.54) is 57.2 Å². The van der Waals surface area contributed by atoms with E-state index < -0.39 is 0 Å². The second-order valence-electron chi connectivity index (χ2n) is 8.58. The highest BCUT2D eigenvalue weighted by atomic mass is 16.5. The number of ether oxygens (including phenoxy) is 1. The highest BCUT2D eigenvalue weighted by Gasteiger charge is 2.27. The molecule has 2 fully saturated rings. The summed E-state index contributed by atoms with van der Waals surface area (Å²) in [7, 11) is 0. The summed E-state index contributed by atoms with van der Waals surface area (Å²) < 4.78 is 5.99. The minimum absolute atomic E-state index is 0.0702. The first kappa shape index (κ1) is 19.6. The Morgan fingerprint density at radius 1 is 1.04 bits per heavy atom. The zero-order chi connectivity index (χ0) is 19.2. The summed E-state index contributed by atoms with van der Waals surface area (Å²) in [5.41, 5.74) is 2.28. The van der Waals surface area contributed by atoms with Crippen LogP contribution in [0.3, 0.4) is 0 Å². The molecule has 2 aliphatic heterocycles. The number of anilines is 1. The SMILES string of the molecule is O=C(NC1CCCCC1)N1CCc2cc(OCCCN3CCCCC3)ccc21. The molecule has 1 saturated heterocycles. The van der Waals surface area contributed by atoms with Gasteiger partial charge in [-0.1, -0.05) is 25.7 Å². The zero-order valence-electron chi connectivity index (χ0n) is 17.1. The van der Waals surface area contributed by atoms with Crippen LogP contribution in [0.1, 0.15) is 63.4 Å². The van der Waals surface area contributed by atoms with Crippen molar-refractivity contribution in [2.24, 2.45) is 0 Å². The molecule has 0 unspecified atom stereocenters. The van der Waals surface area contributed by atoms with Crippen molar-refractivity contribution in [3.63, 3.8) is 0 Å². The summed E-state index contributed by atoms with van der Waals surface area (Å²) in [5.74, 6) is 0.937. The van der Waals surface area contributed by atoms with Gasteiger partial charge in [-0.2, -0.15) is 0 Å². The number of fused-ring (bicyclic) bond motifs is 1. The summed E-state index contributed by atoms with van der Waals surface area (Å²) in [4.78, 5) is 17.2. The third-order valence-electron chi connectivity index (χ3n) is 6.46. The number of piperidine rings is 1. The first-order valence-corrected chi connectivity index (χ1v) is 11.4. The van der Waals surface area contributed by atoms with Crippen molar-refractivity contribution in [2.75, 3.05) is 37.7 Å². The molecule has 0 aromatic heterocycles. The molecular formula is C23H35N3O2. The lowest BCUT2D eigenvalue weighted by molar-refractivity contribution is 0.205. The van der Waals surface area contributed by atoms with E-state index >= 15 is 0 Å². The molecule has 5 heteroatoms. The first-order chi connectivity index (χ1) is 13.8. The second-order valence-corrected chi connectivity index (χ2v) is 8.58. The number of benzene rings is 1. The highest BCUT2D eigenvalue weighted by molar-refractivity contribution is 5.94. The van der Waals surface area contributed by atoms with Gasteiger partial charge in [-0.3, -0.25) is 4.90 Å². The molecule has 2 heterocycles. The van der Waals surface area contributed by atoms with Crippen LogP contribution in [0, 0.1) is 0 Å². The molecule has 1 aromatic rings. The Bertz CT molecular complexity index is 651. The quantitative estimate of drug-likeness (QED) is 0.741. The Morgan fingerprint density at radius 3 is 2.64 bits per heavy atom. The number of amides is 2. The average molecular weight is 386 g/mol. The molecule has 2 amide bonds. The van der Waals surface area contributed by atoms with Crippen molar-refractivity contribution in [1.29, 1.82) is 0 Å². The molecule has 0 radical (unpaired) electrons. The molecule has 4 rings (SSSR count). The lowest BCUT2D eigenvalue weighted by Crippen LogP contribution is -2.45. The Labute approximate surface area is 169 Å². The number of carbonyl (C=O) groups excluding carboxylic acids is 1. The number of hydrogen-bond donors (Lipinski definition) is 1. The summed E-state index contributed by atoms with van der Waals surface area (Å²) in [5, 5.41) is 3.24. The normalized spacial score (nSPS) is 20.8. The number of rotatable bonds is 6. The van der Waals surface area contributed by atoms with Crippen LogP contribution in [0.15, 0.2) is 18.2 Å². The van der Waals surface area contributed by atoms with Gasteiger partial charge in [0.2, 0.25) is 0 Å². The lowest BCUT2D eigenvalue weighted by atomic mass is 9.96. The molecule has 0 bridgehead atoms. The number of likely N-dealkylation sites (tertiary alicyclic amines) is 1. The van der Waals surface area contributed by atoms with Crippen molar-refractivity contribution in [3.05, 3.63) is 23.8 Å². The van der Waals surface area contributed by atoms with Crippen LogP contribution in [0.5, 0.6) is 5.75 Å². The van der Waals surface area contributed by atoms with Crippen molar-refractivity contribution in [3.8, 4) is 5.75 Å². The molecule has 1 aromatic carbocycles. The van der Waals surface area contributed by atoms with Gasteiger partial charge in [0, 0.05) is 24.8 Å². The topological polar surface area (TPSA) is 44.8 Å². The first-order valence-electron chi connectivity index (χ1n) is 11.4. The average Bonchev–Trinajstić information content (AvgIpc) is 3.16. The predicted octanol–water partition coefficient (Wildman–Crippen LogP) is 4.35. The van der Waals surface area contributed by atoms with Gasteiger partial charge in [-0.05, 0) is 75.4 Å². The monoisotopic (exact) mass is 385 g/mol. The maximum atomic E-state index is 12.7. The van der Waals surface area contributed by atoms with Crippen LogP contribution >= 0.6 is 0 Å². The third kappa shape index (κ3) is 4.99. The summed E-state index contributed by atoms with van der Waals surface area (Å²) >= 11 is 0. The summed E-state index contributed by atoms with van der Waals surface area (Å²) in [6, 6.07) is 6.63. The second kappa shape index (κ2) is 9.64.